The van der Waals surface area contributed by atoms with Crippen LogP contribution in [0.3, 0.4) is 0 Å². The minimum Gasteiger partial charge on any atom is -0.462 e. The number of aliphatic hydroxyl groups excluding tert-OH is 1. The molecule has 3 unspecified atom stereocenters. The molecule has 1 aliphatic heterocycles. The molecular formula is C23H34O5. The summed E-state index contributed by atoms with van der Waals surface area (Å²) in [6, 6.07) is 0. The number of fused-ring (bicyclic) bond motifs is 1. The van der Waals surface area contributed by atoms with Gasteiger partial charge in [-0.15, -0.1) is 0 Å². The van der Waals surface area contributed by atoms with Gasteiger partial charge in [0.25, 0.3) is 0 Å². The van der Waals surface area contributed by atoms with Gasteiger partial charge in [-0.05, 0) is 49.5 Å². The fourth-order valence-electron chi connectivity index (χ4n) is 4.80. The second-order valence-electron chi connectivity index (χ2n) is 8.76. The summed E-state index contributed by atoms with van der Waals surface area (Å²) in [5.74, 6) is 0.426. The molecule has 0 radical (unpaired) electrons. The van der Waals surface area contributed by atoms with Gasteiger partial charge >= 0.3 is 11.9 Å². The van der Waals surface area contributed by atoms with E-state index in [-0.39, 0.29) is 42.4 Å². The van der Waals surface area contributed by atoms with Crippen molar-refractivity contribution in [3.8, 4) is 0 Å². The quantitative estimate of drug-likeness (QED) is 0.695. The second-order valence-corrected chi connectivity index (χ2v) is 8.76. The highest BCUT2D eigenvalue weighted by Gasteiger charge is 2.40. The van der Waals surface area contributed by atoms with E-state index < -0.39 is 6.10 Å². The molecule has 0 aromatic carbocycles. The van der Waals surface area contributed by atoms with Crippen molar-refractivity contribution in [2.24, 2.45) is 23.7 Å². The number of esters is 2. The van der Waals surface area contributed by atoms with Gasteiger partial charge in [-0.25, -0.2) is 0 Å². The Balaban J connectivity index is 1.70. The van der Waals surface area contributed by atoms with Crippen molar-refractivity contribution in [2.75, 3.05) is 0 Å². The zero-order chi connectivity index (χ0) is 20.3. The van der Waals surface area contributed by atoms with E-state index in [1.54, 1.807) is 0 Å². The lowest BCUT2D eigenvalue weighted by Crippen LogP contribution is -2.40. The van der Waals surface area contributed by atoms with Crippen molar-refractivity contribution in [3.05, 3.63) is 23.8 Å². The predicted molar refractivity (Wildman–Crippen MR) is 106 cm³/mol. The highest BCUT2D eigenvalue weighted by molar-refractivity contribution is 5.72. The molecule has 0 amide bonds. The third-order valence-corrected chi connectivity index (χ3v) is 6.69. The normalized spacial score (nSPS) is 36.1. The number of rotatable bonds is 6. The molecule has 7 atom stereocenters. The number of hydrogen-bond donors (Lipinski definition) is 1. The standard InChI is InChI=1S/C23H34O5/c1-4-14(2)23(26)28-20-7-5-6-16-9-8-15(3)19(22(16)20)11-10-18-12-17(24)13-21(25)27-18/h6,8-9,14-15,17-20,22,24H,4-5,7,10-13H2,1-3H3/t14?,15-,17?,18+,19-,20?,22-/m0/s1. The van der Waals surface area contributed by atoms with E-state index in [1.807, 2.05) is 13.8 Å². The van der Waals surface area contributed by atoms with E-state index >= 15 is 0 Å². The molecule has 0 spiro atoms. The largest absolute Gasteiger partial charge is 0.462 e. The van der Waals surface area contributed by atoms with E-state index in [0.29, 0.717) is 18.3 Å². The number of carbonyl (C=O) groups is 2. The Kier molecular flexibility index (Phi) is 6.97. The summed E-state index contributed by atoms with van der Waals surface area (Å²) in [5.41, 5.74) is 1.27. The fourth-order valence-corrected chi connectivity index (χ4v) is 4.80. The SMILES string of the molecule is CCC(C)C(=O)OC1CCC=C2C=C[C@H](C)[C@H](CC[C@@H]3CC(O)CC(=O)O3)[C@H]21. The first-order chi connectivity index (χ1) is 13.4. The van der Waals surface area contributed by atoms with Crippen LogP contribution in [0.4, 0.5) is 0 Å². The highest BCUT2D eigenvalue weighted by Crippen LogP contribution is 2.44. The number of aliphatic hydroxyl groups is 1. The molecule has 1 fully saturated rings. The van der Waals surface area contributed by atoms with Crippen molar-refractivity contribution in [1.82, 2.24) is 0 Å². The Bertz CT molecular complexity index is 637. The maximum atomic E-state index is 12.4. The number of hydrogen-bond acceptors (Lipinski definition) is 5. The summed E-state index contributed by atoms with van der Waals surface area (Å²) in [6.45, 7) is 6.14. The second kappa shape index (κ2) is 9.25. The van der Waals surface area contributed by atoms with Gasteiger partial charge in [-0.1, -0.05) is 39.0 Å². The lowest BCUT2D eigenvalue weighted by atomic mass is 9.66. The van der Waals surface area contributed by atoms with Crippen LogP contribution in [-0.2, 0) is 19.1 Å². The van der Waals surface area contributed by atoms with Crippen LogP contribution in [0, 0.1) is 23.7 Å². The molecule has 1 saturated heterocycles. The van der Waals surface area contributed by atoms with Crippen molar-refractivity contribution in [2.45, 2.75) is 84.0 Å². The Morgan fingerprint density at radius 1 is 1.39 bits per heavy atom. The third kappa shape index (κ3) is 4.86. The van der Waals surface area contributed by atoms with E-state index in [9.17, 15) is 14.7 Å². The molecule has 3 rings (SSSR count). The van der Waals surface area contributed by atoms with Gasteiger partial charge < -0.3 is 14.6 Å². The molecule has 156 valence electrons. The van der Waals surface area contributed by atoms with E-state index in [0.717, 1.165) is 32.1 Å². The molecule has 0 aromatic heterocycles. The van der Waals surface area contributed by atoms with Crippen LogP contribution in [0.15, 0.2) is 23.8 Å². The molecule has 2 aliphatic carbocycles. The molecule has 5 nitrogen and oxygen atoms in total. The van der Waals surface area contributed by atoms with Gasteiger partial charge in [0.2, 0.25) is 0 Å². The first-order valence-electron chi connectivity index (χ1n) is 10.8. The Morgan fingerprint density at radius 3 is 2.89 bits per heavy atom. The Labute approximate surface area is 168 Å². The van der Waals surface area contributed by atoms with Crippen LogP contribution >= 0.6 is 0 Å². The van der Waals surface area contributed by atoms with Gasteiger partial charge in [0.15, 0.2) is 0 Å². The van der Waals surface area contributed by atoms with Gasteiger partial charge in [-0.3, -0.25) is 9.59 Å². The number of ether oxygens (including phenoxy) is 2. The summed E-state index contributed by atoms with van der Waals surface area (Å²) < 4.78 is 11.4. The molecule has 1 heterocycles. The van der Waals surface area contributed by atoms with Crippen LogP contribution in [-0.4, -0.2) is 35.4 Å². The van der Waals surface area contributed by atoms with Crippen LogP contribution in [0.25, 0.3) is 0 Å². The van der Waals surface area contributed by atoms with E-state index in [4.69, 9.17) is 9.47 Å². The van der Waals surface area contributed by atoms with Crippen LogP contribution in [0.2, 0.25) is 0 Å². The lowest BCUT2D eigenvalue weighted by Gasteiger charge is -2.42. The first-order valence-corrected chi connectivity index (χ1v) is 10.8. The van der Waals surface area contributed by atoms with Crippen molar-refractivity contribution >= 4 is 11.9 Å². The van der Waals surface area contributed by atoms with Crippen molar-refractivity contribution < 1.29 is 24.2 Å². The highest BCUT2D eigenvalue weighted by atomic mass is 16.5. The molecule has 0 saturated carbocycles. The molecule has 1 N–H and O–H groups in total. The van der Waals surface area contributed by atoms with Gasteiger partial charge in [0.05, 0.1) is 18.4 Å². The average Bonchev–Trinajstić information content (AvgIpc) is 2.66. The zero-order valence-electron chi connectivity index (χ0n) is 17.3. The number of cyclic esters (lactones) is 1. The summed E-state index contributed by atoms with van der Waals surface area (Å²) in [6.07, 6.45) is 10.6. The minimum absolute atomic E-state index is 0.0764. The van der Waals surface area contributed by atoms with Gasteiger partial charge in [0.1, 0.15) is 12.2 Å². The summed E-state index contributed by atoms with van der Waals surface area (Å²) in [4.78, 5) is 24.1. The molecule has 28 heavy (non-hydrogen) atoms. The molecule has 5 heteroatoms. The summed E-state index contributed by atoms with van der Waals surface area (Å²) in [7, 11) is 0. The number of allylic oxidation sites excluding steroid dienone is 3. The molecule has 0 aromatic rings. The molecule has 0 bridgehead atoms. The predicted octanol–water partition coefficient (Wildman–Crippen LogP) is 3.95. The summed E-state index contributed by atoms with van der Waals surface area (Å²) in [5, 5.41) is 9.86. The maximum Gasteiger partial charge on any atom is 0.308 e. The van der Waals surface area contributed by atoms with Gasteiger partial charge in [-0.2, -0.15) is 0 Å². The van der Waals surface area contributed by atoms with Crippen molar-refractivity contribution in [3.63, 3.8) is 0 Å². The Hall–Kier alpha value is -1.62. The molecular weight excluding hydrogens is 356 g/mol. The topological polar surface area (TPSA) is 72.8 Å². The minimum atomic E-state index is -0.593. The van der Waals surface area contributed by atoms with Crippen molar-refractivity contribution in [1.29, 1.82) is 0 Å². The van der Waals surface area contributed by atoms with E-state index in [2.05, 4.69) is 25.2 Å². The van der Waals surface area contributed by atoms with Crippen LogP contribution < -0.4 is 0 Å². The van der Waals surface area contributed by atoms with Gasteiger partial charge in [0, 0.05) is 12.3 Å². The van der Waals surface area contributed by atoms with Crippen LogP contribution in [0.1, 0.15) is 65.7 Å². The average molecular weight is 391 g/mol. The monoisotopic (exact) mass is 390 g/mol. The smallest absolute Gasteiger partial charge is 0.308 e. The van der Waals surface area contributed by atoms with Crippen LogP contribution in [0.5, 0.6) is 0 Å². The lowest BCUT2D eigenvalue weighted by molar-refractivity contribution is -0.162. The fraction of sp³-hybridized carbons (Fsp3) is 0.739. The van der Waals surface area contributed by atoms with E-state index in [1.165, 1.54) is 5.57 Å². The first kappa shape index (κ1) is 21.1. The zero-order valence-corrected chi connectivity index (χ0v) is 17.3. The third-order valence-electron chi connectivity index (χ3n) is 6.69. The maximum absolute atomic E-state index is 12.4. The number of carbonyl (C=O) groups excluding carboxylic acids is 2. The molecule has 3 aliphatic rings. The Morgan fingerprint density at radius 2 is 2.18 bits per heavy atom. The summed E-state index contributed by atoms with van der Waals surface area (Å²) >= 11 is 0.